The third-order valence-electron chi connectivity index (χ3n) is 5.74. The van der Waals surface area contributed by atoms with Gasteiger partial charge in [-0.15, -0.1) is 0 Å². The van der Waals surface area contributed by atoms with Crippen LogP contribution < -0.4 is 5.32 Å². The van der Waals surface area contributed by atoms with Crippen LogP contribution >= 0.6 is 11.8 Å². The fraction of sp³-hybridized carbons (Fsp3) is 0.435. The van der Waals surface area contributed by atoms with E-state index in [2.05, 4.69) is 5.32 Å². The number of fused-ring (bicyclic) bond motifs is 1. The predicted molar refractivity (Wildman–Crippen MR) is 119 cm³/mol. The van der Waals surface area contributed by atoms with Gasteiger partial charge >= 0.3 is 5.97 Å². The second-order valence-electron chi connectivity index (χ2n) is 7.88. The molecule has 2 heterocycles. The Balaban J connectivity index is 1.70. The molecule has 4 rings (SSSR count). The lowest BCUT2D eigenvalue weighted by atomic mass is 9.90. The Labute approximate surface area is 181 Å². The van der Waals surface area contributed by atoms with Crippen molar-refractivity contribution in [2.45, 2.75) is 45.6 Å². The molecule has 6 nitrogen and oxygen atoms in total. The van der Waals surface area contributed by atoms with Crippen LogP contribution in [0.4, 0.5) is 0 Å². The predicted octanol–water partition coefficient (Wildman–Crippen LogP) is 4.05. The van der Waals surface area contributed by atoms with Crippen molar-refractivity contribution in [3.05, 3.63) is 57.8 Å². The van der Waals surface area contributed by atoms with Crippen molar-refractivity contribution < 1.29 is 14.3 Å². The van der Waals surface area contributed by atoms with Gasteiger partial charge in [-0.2, -0.15) is 0 Å². The Kier molecular flexibility index (Phi) is 5.99. The van der Waals surface area contributed by atoms with E-state index in [0.717, 1.165) is 34.2 Å². The van der Waals surface area contributed by atoms with Crippen LogP contribution in [0, 0.1) is 12.8 Å². The summed E-state index contributed by atoms with van der Waals surface area (Å²) in [4.78, 5) is 32.2. The van der Waals surface area contributed by atoms with Crippen molar-refractivity contribution >= 4 is 28.8 Å². The molecule has 2 aliphatic heterocycles. The molecule has 0 aromatic heterocycles. The van der Waals surface area contributed by atoms with E-state index >= 15 is 0 Å². The van der Waals surface area contributed by atoms with Crippen LogP contribution in [-0.2, 0) is 14.3 Å². The maximum absolute atomic E-state index is 12.9. The highest BCUT2D eigenvalue weighted by Gasteiger charge is 2.41. The van der Waals surface area contributed by atoms with Crippen molar-refractivity contribution in [3.8, 4) is 0 Å². The summed E-state index contributed by atoms with van der Waals surface area (Å²) >= 11 is 1.51. The highest BCUT2D eigenvalue weighted by atomic mass is 32.2. The summed E-state index contributed by atoms with van der Waals surface area (Å²) in [6.45, 7) is 4.77. The first-order valence-corrected chi connectivity index (χ1v) is 11.3. The Hall–Kier alpha value is -2.54. The number of nitrogens with zero attached hydrogens (tertiary/aromatic N) is 2. The zero-order valence-electron chi connectivity index (χ0n) is 17.6. The van der Waals surface area contributed by atoms with E-state index in [1.807, 2.05) is 48.4 Å². The molecule has 1 unspecified atom stereocenters. The standard InChI is InChI=1S/C23H27N3O3S/c1-4-18-20(22(28)29-3)21(17-8-6-5-7-14(17)2)26-16(13-30-23(26)25-18)11-19(27)24-12-15-9-10-15/h5-8,13,15,21H,4,9-12H2,1-3H3,(H,24,27). The van der Waals surface area contributed by atoms with Crippen LogP contribution in [0.25, 0.3) is 0 Å². The molecule has 158 valence electrons. The molecular weight excluding hydrogens is 398 g/mol. The number of ether oxygens (including phenoxy) is 1. The molecule has 0 saturated heterocycles. The number of benzene rings is 1. The molecule has 30 heavy (non-hydrogen) atoms. The molecule has 0 bridgehead atoms. The van der Waals surface area contributed by atoms with Crippen molar-refractivity contribution in [2.24, 2.45) is 10.9 Å². The second-order valence-corrected chi connectivity index (χ2v) is 8.72. The van der Waals surface area contributed by atoms with Crippen molar-refractivity contribution in [1.82, 2.24) is 10.2 Å². The number of thioether (sulfide) groups is 1. The molecular formula is C23H27N3O3S. The van der Waals surface area contributed by atoms with Crippen molar-refractivity contribution in [2.75, 3.05) is 13.7 Å². The van der Waals surface area contributed by atoms with Crippen LogP contribution in [0.2, 0.25) is 0 Å². The molecule has 1 amide bonds. The number of hydrogen-bond acceptors (Lipinski definition) is 6. The Morgan fingerprint density at radius 2 is 2.07 bits per heavy atom. The Morgan fingerprint density at radius 1 is 1.30 bits per heavy atom. The van der Waals surface area contributed by atoms with Gasteiger partial charge in [-0.1, -0.05) is 43.0 Å². The Morgan fingerprint density at radius 3 is 2.73 bits per heavy atom. The molecule has 1 atom stereocenters. The highest BCUT2D eigenvalue weighted by molar-refractivity contribution is 8.16. The first-order chi connectivity index (χ1) is 14.5. The number of amidine groups is 1. The Bertz CT molecular complexity index is 962. The number of esters is 1. The van der Waals surface area contributed by atoms with Gasteiger partial charge in [0.05, 0.1) is 30.8 Å². The lowest BCUT2D eigenvalue weighted by Crippen LogP contribution is -2.38. The molecule has 1 fully saturated rings. The largest absolute Gasteiger partial charge is 0.466 e. The van der Waals surface area contributed by atoms with Gasteiger partial charge < -0.3 is 15.0 Å². The summed E-state index contributed by atoms with van der Waals surface area (Å²) in [5.74, 6) is 0.259. The number of allylic oxidation sites excluding steroid dienone is 1. The summed E-state index contributed by atoms with van der Waals surface area (Å²) in [5, 5.41) is 5.82. The first-order valence-electron chi connectivity index (χ1n) is 10.4. The van der Waals surface area contributed by atoms with E-state index in [1.165, 1.54) is 31.7 Å². The lowest BCUT2D eigenvalue weighted by molar-refractivity contribution is -0.136. The normalized spacial score (nSPS) is 20.5. The van der Waals surface area contributed by atoms with Gasteiger partial charge in [0.25, 0.3) is 0 Å². The minimum absolute atomic E-state index is 0.00317. The highest BCUT2D eigenvalue weighted by Crippen LogP contribution is 2.46. The van der Waals surface area contributed by atoms with Gasteiger partial charge in [0.1, 0.15) is 0 Å². The lowest BCUT2D eigenvalue weighted by Gasteiger charge is -2.37. The quantitative estimate of drug-likeness (QED) is 0.668. The number of aryl methyl sites for hydroxylation is 1. The SMILES string of the molecule is CCC1=C(C(=O)OC)C(c2ccccc2C)N2C(CC(=O)NCC3CC3)=CSC2=N1. The van der Waals surface area contributed by atoms with Crippen LogP contribution in [0.1, 0.15) is 49.8 Å². The van der Waals surface area contributed by atoms with E-state index < -0.39 is 0 Å². The number of nitrogens with one attached hydrogen (secondary N) is 1. The van der Waals surface area contributed by atoms with Crippen LogP contribution in [0.15, 0.2) is 51.6 Å². The average molecular weight is 426 g/mol. The molecule has 3 aliphatic rings. The van der Waals surface area contributed by atoms with E-state index in [4.69, 9.17) is 9.73 Å². The van der Waals surface area contributed by atoms with Gasteiger partial charge in [-0.05, 0) is 48.6 Å². The fourth-order valence-electron chi connectivity index (χ4n) is 3.91. The molecule has 1 aliphatic carbocycles. The first kappa shape index (κ1) is 20.7. The van der Waals surface area contributed by atoms with Crippen LogP contribution in [0.3, 0.4) is 0 Å². The summed E-state index contributed by atoms with van der Waals surface area (Å²) in [6.07, 6.45) is 3.29. The molecule has 7 heteroatoms. The monoisotopic (exact) mass is 425 g/mol. The van der Waals surface area contributed by atoms with Gasteiger partial charge in [0.2, 0.25) is 5.91 Å². The number of amides is 1. The van der Waals surface area contributed by atoms with Gasteiger partial charge in [-0.3, -0.25) is 4.79 Å². The maximum Gasteiger partial charge on any atom is 0.338 e. The number of rotatable bonds is 7. The van der Waals surface area contributed by atoms with Crippen molar-refractivity contribution in [1.29, 1.82) is 0 Å². The van der Waals surface area contributed by atoms with Gasteiger partial charge in [-0.25, -0.2) is 9.79 Å². The zero-order chi connectivity index (χ0) is 21.3. The summed E-state index contributed by atoms with van der Waals surface area (Å²) in [6, 6.07) is 7.67. The molecule has 0 radical (unpaired) electrons. The summed E-state index contributed by atoms with van der Waals surface area (Å²) in [5.41, 5.74) is 4.24. The third kappa shape index (κ3) is 4.03. The molecule has 1 aromatic rings. The number of carbonyl (C=O) groups excluding carboxylic acids is 2. The maximum atomic E-state index is 12.9. The van der Waals surface area contributed by atoms with E-state index in [-0.39, 0.29) is 24.3 Å². The number of hydrogen-bond donors (Lipinski definition) is 1. The van der Waals surface area contributed by atoms with Gasteiger partial charge in [0.15, 0.2) is 5.17 Å². The molecule has 1 aromatic carbocycles. The van der Waals surface area contributed by atoms with Crippen LogP contribution in [0.5, 0.6) is 0 Å². The number of carbonyl (C=O) groups is 2. The second kappa shape index (κ2) is 8.68. The average Bonchev–Trinajstić information content (AvgIpc) is 3.51. The van der Waals surface area contributed by atoms with Crippen LogP contribution in [-0.4, -0.2) is 35.6 Å². The van der Waals surface area contributed by atoms with Gasteiger partial charge in [0, 0.05) is 12.2 Å². The summed E-state index contributed by atoms with van der Waals surface area (Å²) < 4.78 is 5.15. The number of methoxy groups -OCH3 is 1. The van der Waals surface area contributed by atoms with E-state index in [0.29, 0.717) is 17.9 Å². The minimum atomic E-state index is -0.377. The fourth-order valence-corrected chi connectivity index (χ4v) is 4.84. The molecule has 1 N–H and O–H groups in total. The molecule has 0 spiro atoms. The minimum Gasteiger partial charge on any atom is -0.466 e. The molecule has 1 saturated carbocycles. The zero-order valence-corrected chi connectivity index (χ0v) is 18.4. The topological polar surface area (TPSA) is 71.0 Å². The smallest absolute Gasteiger partial charge is 0.338 e. The summed E-state index contributed by atoms with van der Waals surface area (Å²) in [7, 11) is 1.40. The number of aliphatic imine (C=N–C) groups is 1. The van der Waals surface area contributed by atoms with E-state index in [1.54, 1.807) is 0 Å². The van der Waals surface area contributed by atoms with Crippen molar-refractivity contribution in [3.63, 3.8) is 0 Å². The third-order valence-corrected chi connectivity index (χ3v) is 6.63. The van der Waals surface area contributed by atoms with E-state index in [9.17, 15) is 9.59 Å².